The van der Waals surface area contributed by atoms with Crippen LogP contribution in [-0.2, 0) is 33.3 Å². The molecule has 1 N–H and O–H groups in total. The summed E-state index contributed by atoms with van der Waals surface area (Å²) in [6, 6.07) is 0. The van der Waals surface area contributed by atoms with Crippen molar-refractivity contribution in [1.82, 2.24) is 4.90 Å². The standard InChI is InChI=1S/C49H93NO8/c1-4-7-10-13-16-25-32-41-55-46(52)35-28-21-17-23-30-37-50(39-40-51)38-31-24-18-22-29-36-47(53)58-48-42-45(43-56-48)57-49(54)44(33-26-19-14-11-8-5-2)34-27-20-15-12-9-6-3/h44-45,48,51H,4-43H2,1-3H3/t45-,48+/m0/s1. The zero-order valence-corrected chi connectivity index (χ0v) is 38.3. The third-order valence-corrected chi connectivity index (χ3v) is 11.8. The molecule has 1 fully saturated rings. The van der Waals surface area contributed by atoms with Crippen LogP contribution in [0.4, 0.5) is 0 Å². The van der Waals surface area contributed by atoms with E-state index in [1.165, 1.54) is 96.3 Å². The highest BCUT2D eigenvalue weighted by Gasteiger charge is 2.32. The summed E-state index contributed by atoms with van der Waals surface area (Å²) in [4.78, 5) is 40.1. The number of unbranched alkanes of at least 4 members (excludes halogenated alkanes) is 24. The van der Waals surface area contributed by atoms with Crippen molar-refractivity contribution in [3.05, 3.63) is 0 Å². The summed E-state index contributed by atoms with van der Waals surface area (Å²) in [5.41, 5.74) is 0. The molecule has 1 saturated heterocycles. The lowest BCUT2D eigenvalue weighted by molar-refractivity contribution is -0.170. The summed E-state index contributed by atoms with van der Waals surface area (Å²) in [7, 11) is 0. The van der Waals surface area contributed by atoms with Gasteiger partial charge in [0.2, 0.25) is 6.29 Å². The lowest BCUT2D eigenvalue weighted by atomic mass is 9.94. The molecular formula is C49H93NO8. The van der Waals surface area contributed by atoms with Gasteiger partial charge in [0.15, 0.2) is 0 Å². The van der Waals surface area contributed by atoms with Gasteiger partial charge in [0.25, 0.3) is 0 Å². The quantitative estimate of drug-likeness (QED) is 0.0365. The van der Waals surface area contributed by atoms with Gasteiger partial charge in [0.1, 0.15) is 6.10 Å². The molecule has 0 spiro atoms. The molecule has 0 saturated carbocycles. The Bertz CT molecular complexity index is 932. The predicted molar refractivity (Wildman–Crippen MR) is 238 cm³/mol. The molecule has 1 rings (SSSR count). The van der Waals surface area contributed by atoms with Crippen molar-refractivity contribution in [2.75, 3.05) is 39.5 Å². The molecule has 1 aliphatic rings. The Hall–Kier alpha value is -1.71. The highest BCUT2D eigenvalue weighted by molar-refractivity contribution is 5.72. The molecule has 342 valence electrons. The SMILES string of the molecule is CCCCCCCCCOC(=O)CCCCCCCN(CCO)CCCCCCCC(=O)O[C@@H]1C[C@H](OC(=O)C(CCCCCCCC)CCCCCCCC)CO1. The van der Waals surface area contributed by atoms with Crippen LogP contribution in [0.5, 0.6) is 0 Å². The maximum atomic E-state index is 13.2. The lowest BCUT2D eigenvalue weighted by Crippen LogP contribution is -2.29. The summed E-state index contributed by atoms with van der Waals surface area (Å²) in [5.74, 6) is -0.438. The summed E-state index contributed by atoms with van der Waals surface area (Å²) in [6.45, 7) is 10.4. The van der Waals surface area contributed by atoms with Gasteiger partial charge in [-0.25, -0.2) is 0 Å². The molecule has 0 aromatic rings. The normalized spacial score (nSPS) is 15.4. The van der Waals surface area contributed by atoms with E-state index < -0.39 is 6.29 Å². The molecule has 58 heavy (non-hydrogen) atoms. The van der Waals surface area contributed by atoms with Gasteiger partial charge in [-0.1, -0.05) is 175 Å². The van der Waals surface area contributed by atoms with Gasteiger partial charge in [-0.2, -0.15) is 0 Å². The second-order valence-corrected chi connectivity index (χ2v) is 17.3. The molecule has 1 aliphatic heterocycles. The number of carbonyl (C=O) groups is 3. The van der Waals surface area contributed by atoms with Crippen LogP contribution in [0.3, 0.4) is 0 Å². The third-order valence-electron chi connectivity index (χ3n) is 11.8. The first kappa shape index (κ1) is 54.3. The van der Waals surface area contributed by atoms with Crippen molar-refractivity contribution in [2.24, 2.45) is 5.92 Å². The molecule has 1 heterocycles. The molecule has 0 aliphatic carbocycles. The van der Waals surface area contributed by atoms with Crippen molar-refractivity contribution in [1.29, 1.82) is 0 Å². The number of carbonyl (C=O) groups excluding carboxylic acids is 3. The van der Waals surface area contributed by atoms with Crippen LogP contribution in [0.25, 0.3) is 0 Å². The Kier molecular flexibility index (Phi) is 38.1. The van der Waals surface area contributed by atoms with Crippen molar-refractivity contribution in [2.45, 2.75) is 251 Å². The van der Waals surface area contributed by atoms with E-state index in [2.05, 4.69) is 25.7 Å². The van der Waals surface area contributed by atoms with E-state index in [1.54, 1.807) is 0 Å². The minimum atomic E-state index is -0.633. The number of hydrogen-bond donors (Lipinski definition) is 1. The molecule has 9 heteroatoms. The van der Waals surface area contributed by atoms with Crippen LogP contribution in [0.15, 0.2) is 0 Å². The van der Waals surface area contributed by atoms with Crippen LogP contribution in [0, 0.1) is 5.92 Å². The number of aliphatic hydroxyl groups excluding tert-OH is 1. The van der Waals surface area contributed by atoms with Gasteiger partial charge in [-0.3, -0.25) is 14.4 Å². The van der Waals surface area contributed by atoms with E-state index in [0.717, 1.165) is 116 Å². The number of nitrogens with zero attached hydrogens (tertiary/aromatic N) is 1. The van der Waals surface area contributed by atoms with E-state index in [1.807, 2.05) is 0 Å². The van der Waals surface area contributed by atoms with Crippen LogP contribution < -0.4 is 0 Å². The fraction of sp³-hybridized carbons (Fsp3) is 0.939. The number of hydrogen-bond acceptors (Lipinski definition) is 9. The van der Waals surface area contributed by atoms with Crippen LogP contribution in [-0.4, -0.2) is 79.8 Å². The third kappa shape index (κ3) is 33.1. The van der Waals surface area contributed by atoms with Gasteiger partial charge < -0.3 is 29.0 Å². The van der Waals surface area contributed by atoms with E-state index in [9.17, 15) is 19.5 Å². The second kappa shape index (κ2) is 40.7. The fourth-order valence-corrected chi connectivity index (χ4v) is 7.98. The number of esters is 3. The Morgan fingerprint density at radius 3 is 1.52 bits per heavy atom. The van der Waals surface area contributed by atoms with E-state index >= 15 is 0 Å². The number of ether oxygens (including phenoxy) is 4. The molecule has 2 atom stereocenters. The second-order valence-electron chi connectivity index (χ2n) is 17.3. The maximum Gasteiger partial charge on any atom is 0.309 e. The summed E-state index contributed by atoms with van der Waals surface area (Å²) in [6.07, 6.45) is 35.7. The molecule has 0 amide bonds. The number of aliphatic hydroxyl groups is 1. The molecular weight excluding hydrogens is 731 g/mol. The van der Waals surface area contributed by atoms with Crippen LogP contribution in [0.1, 0.15) is 239 Å². The first-order valence-electron chi connectivity index (χ1n) is 24.9. The number of rotatable bonds is 43. The van der Waals surface area contributed by atoms with Crippen molar-refractivity contribution in [3.63, 3.8) is 0 Å². The highest BCUT2D eigenvalue weighted by atomic mass is 16.7. The summed E-state index contributed by atoms with van der Waals surface area (Å²) in [5, 5.41) is 9.55. The topological polar surface area (TPSA) is 112 Å². The lowest BCUT2D eigenvalue weighted by Gasteiger charge is -2.21. The Morgan fingerprint density at radius 1 is 0.552 bits per heavy atom. The predicted octanol–water partition coefficient (Wildman–Crippen LogP) is 12.6. The van der Waals surface area contributed by atoms with Crippen molar-refractivity contribution < 1.29 is 38.4 Å². The minimum absolute atomic E-state index is 0.0479. The van der Waals surface area contributed by atoms with Gasteiger partial charge in [0, 0.05) is 25.8 Å². The van der Waals surface area contributed by atoms with E-state index in [-0.39, 0.29) is 43.1 Å². The molecule has 0 aromatic carbocycles. The minimum Gasteiger partial charge on any atom is -0.466 e. The van der Waals surface area contributed by atoms with Crippen molar-refractivity contribution >= 4 is 17.9 Å². The largest absolute Gasteiger partial charge is 0.466 e. The monoisotopic (exact) mass is 824 g/mol. The first-order chi connectivity index (χ1) is 28.4. The van der Waals surface area contributed by atoms with Gasteiger partial charge in [-0.05, 0) is 58.0 Å². The molecule has 0 unspecified atom stereocenters. The van der Waals surface area contributed by atoms with Gasteiger partial charge in [-0.15, -0.1) is 0 Å². The average Bonchev–Trinajstić information content (AvgIpc) is 3.65. The van der Waals surface area contributed by atoms with Gasteiger partial charge in [0.05, 0.1) is 25.7 Å². The zero-order valence-electron chi connectivity index (χ0n) is 38.3. The Balaban J connectivity index is 2.13. The maximum absolute atomic E-state index is 13.2. The average molecular weight is 824 g/mol. The molecule has 9 nitrogen and oxygen atoms in total. The van der Waals surface area contributed by atoms with E-state index in [4.69, 9.17) is 18.9 Å². The van der Waals surface area contributed by atoms with Crippen molar-refractivity contribution in [3.8, 4) is 0 Å². The highest BCUT2D eigenvalue weighted by Crippen LogP contribution is 2.25. The molecule has 0 bridgehead atoms. The Labute approximate surface area is 357 Å². The molecule has 0 aromatic heterocycles. The summed E-state index contributed by atoms with van der Waals surface area (Å²) < 4.78 is 22.7. The summed E-state index contributed by atoms with van der Waals surface area (Å²) >= 11 is 0. The molecule has 0 radical (unpaired) electrons. The Morgan fingerprint density at radius 2 is 1.00 bits per heavy atom. The fourth-order valence-electron chi connectivity index (χ4n) is 7.98. The smallest absolute Gasteiger partial charge is 0.309 e. The van der Waals surface area contributed by atoms with Gasteiger partial charge >= 0.3 is 17.9 Å². The first-order valence-corrected chi connectivity index (χ1v) is 24.9. The van der Waals surface area contributed by atoms with Crippen LogP contribution >= 0.6 is 0 Å². The zero-order chi connectivity index (χ0) is 42.2. The van der Waals surface area contributed by atoms with E-state index in [0.29, 0.717) is 32.4 Å². The van der Waals surface area contributed by atoms with Crippen LogP contribution in [0.2, 0.25) is 0 Å².